The largest absolute Gasteiger partial charge is 0.497 e. The van der Waals surface area contributed by atoms with Crippen LogP contribution in [0, 0.1) is 5.41 Å². The predicted molar refractivity (Wildman–Crippen MR) is 92.4 cm³/mol. The van der Waals surface area contributed by atoms with Crippen LogP contribution in [0.3, 0.4) is 0 Å². The number of methoxy groups -OCH3 is 1. The third-order valence-electron chi connectivity index (χ3n) is 3.92. The van der Waals surface area contributed by atoms with Crippen LogP contribution in [0.4, 0.5) is 5.69 Å². The second kappa shape index (κ2) is 8.28. The van der Waals surface area contributed by atoms with Gasteiger partial charge in [-0.3, -0.25) is 0 Å². The summed E-state index contributed by atoms with van der Waals surface area (Å²) in [5.41, 5.74) is 1.52. The number of anilines is 1. The molecule has 0 saturated heterocycles. The molecule has 120 valence electrons. The zero-order chi connectivity index (χ0) is 15.9. The number of rotatable bonds is 9. The Kier molecular flexibility index (Phi) is 7.03. The van der Waals surface area contributed by atoms with Gasteiger partial charge in [-0.05, 0) is 36.1 Å². The van der Waals surface area contributed by atoms with Gasteiger partial charge in [0.25, 0.3) is 0 Å². The highest BCUT2D eigenvalue weighted by molar-refractivity contribution is 5.48. The van der Waals surface area contributed by atoms with Crippen molar-refractivity contribution < 1.29 is 4.74 Å². The molecule has 3 nitrogen and oxygen atoms in total. The Morgan fingerprint density at radius 1 is 1.24 bits per heavy atom. The van der Waals surface area contributed by atoms with Crippen molar-refractivity contribution in [3.8, 4) is 5.75 Å². The maximum atomic E-state index is 5.22. The lowest BCUT2D eigenvalue weighted by molar-refractivity contribution is 0.275. The summed E-state index contributed by atoms with van der Waals surface area (Å²) in [6.07, 6.45) is 2.44. The second-order valence-electron chi connectivity index (χ2n) is 6.65. The van der Waals surface area contributed by atoms with E-state index in [-0.39, 0.29) is 5.41 Å². The summed E-state index contributed by atoms with van der Waals surface area (Å²) in [6, 6.07) is 8.83. The summed E-state index contributed by atoms with van der Waals surface area (Å²) < 4.78 is 5.22. The molecule has 0 heterocycles. The molecular weight excluding hydrogens is 260 g/mol. The van der Waals surface area contributed by atoms with E-state index in [0.29, 0.717) is 6.04 Å². The Bertz CT molecular complexity index is 402. The second-order valence-corrected chi connectivity index (χ2v) is 6.65. The first-order valence-corrected chi connectivity index (χ1v) is 7.99. The molecule has 21 heavy (non-hydrogen) atoms. The summed E-state index contributed by atoms with van der Waals surface area (Å²) in [5, 5.41) is 3.60. The van der Waals surface area contributed by atoms with Gasteiger partial charge in [0.15, 0.2) is 0 Å². The van der Waals surface area contributed by atoms with Crippen LogP contribution in [0.5, 0.6) is 5.75 Å². The summed E-state index contributed by atoms with van der Waals surface area (Å²) >= 11 is 0. The lowest BCUT2D eigenvalue weighted by Crippen LogP contribution is -2.43. The molecule has 0 aliphatic carbocycles. The highest BCUT2D eigenvalue weighted by Gasteiger charge is 2.25. The minimum Gasteiger partial charge on any atom is -0.497 e. The smallest absolute Gasteiger partial charge is 0.119 e. The van der Waals surface area contributed by atoms with Crippen LogP contribution in [0.2, 0.25) is 0 Å². The van der Waals surface area contributed by atoms with Crippen LogP contribution in [0.1, 0.15) is 40.5 Å². The molecule has 1 aromatic rings. The van der Waals surface area contributed by atoms with Crippen LogP contribution in [-0.2, 0) is 0 Å². The number of hydrogen-bond acceptors (Lipinski definition) is 3. The van der Waals surface area contributed by atoms with Gasteiger partial charge >= 0.3 is 0 Å². The number of nitrogens with zero attached hydrogens (tertiary/aromatic N) is 1. The molecule has 0 aromatic heterocycles. The van der Waals surface area contributed by atoms with Crippen molar-refractivity contribution in [2.75, 3.05) is 32.1 Å². The Balaban J connectivity index is 2.71. The average molecular weight is 292 g/mol. The van der Waals surface area contributed by atoms with Crippen molar-refractivity contribution >= 4 is 5.69 Å². The fraction of sp³-hybridized carbons (Fsp3) is 0.667. The van der Waals surface area contributed by atoms with E-state index in [2.05, 4.69) is 57.1 Å². The fourth-order valence-electron chi connectivity index (χ4n) is 2.78. The van der Waals surface area contributed by atoms with Crippen molar-refractivity contribution in [2.24, 2.45) is 5.41 Å². The summed E-state index contributed by atoms with van der Waals surface area (Å²) in [4.78, 5) is 2.34. The van der Waals surface area contributed by atoms with Crippen molar-refractivity contribution in [2.45, 2.75) is 46.6 Å². The maximum absolute atomic E-state index is 5.22. The van der Waals surface area contributed by atoms with Crippen LogP contribution < -0.4 is 15.0 Å². The van der Waals surface area contributed by atoms with Gasteiger partial charge in [-0.25, -0.2) is 0 Å². The summed E-state index contributed by atoms with van der Waals surface area (Å²) in [7, 11) is 3.87. The first-order valence-electron chi connectivity index (χ1n) is 7.99. The van der Waals surface area contributed by atoms with Crippen molar-refractivity contribution in [3.63, 3.8) is 0 Å². The third-order valence-corrected chi connectivity index (χ3v) is 3.92. The van der Waals surface area contributed by atoms with Crippen LogP contribution in [-0.4, -0.2) is 33.3 Å². The monoisotopic (exact) mass is 292 g/mol. The molecule has 1 rings (SSSR count). The fourth-order valence-corrected chi connectivity index (χ4v) is 2.78. The van der Waals surface area contributed by atoms with E-state index in [4.69, 9.17) is 4.74 Å². The third kappa shape index (κ3) is 5.96. The molecule has 0 aliphatic rings. The first-order chi connectivity index (χ1) is 9.90. The molecule has 0 fully saturated rings. The van der Waals surface area contributed by atoms with Crippen LogP contribution in [0.25, 0.3) is 0 Å². The normalized spacial score (nSPS) is 14.0. The van der Waals surface area contributed by atoms with Gasteiger partial charge in [0, 0.05) is 31.9 Å². The highest BCUT2D eigenvalue weighted by Crippen LogP contribution is 2.27. The number of nitrogens with one attached hydrogen (secondary N) is 1. The Hall–Kier alpha value is -1.22. The molecule has 0 amide bonds. The van der Waals surface area contributed by atoms with E-state index in [1.54, 1.807) is 7.11 Å². The van der Waals surface area contributed by atoms with Crippen LogP contribution in [0.15, 0.2) is 24.3 Å². The highest BCUT2D eigenvalue weighted by atomic mass is 16.5. The molecule has 1 unspecified atom stereocenters. The van der Waals surface area contributed by atoms with Gasteiger partial charge in [-0.15, -0.1) is 0 Å². The van der Waals surface area contributed by atoms with E-state index < -0.39 is 0 Å². The van der Waals surface area contributed by atoms with E-state index in [1.165, 1.54) is 18.5 Å². The Labute approximate surface area is 130 Å². The first kappa shape index (κ1) is 17.8. The SMILES string of the molecule is CCCC(C)(CNC(C)C)CN(C)c1ccc(OC)cc1. The van der Waals surface area contributed by atoms with Crippen molar-refractivity contribution in [1.29, 1.82) is 0 Å². The minimum absolute atomic E-state index is 0.285. The van der Waals surface area contributed by atoms with E-state index >= 15 is 0 Å². The van der Waals surface area contributed by atoms with Gasteiger partial charge in [0.1, 0.15) is 5.75 Å². The van der Waals surface area contributed by atoms with E-state index in [9.17, 15) is 0 Å². The van der Waals surface area contributed by atoms with E-state index in [1.807, 2.05) is 12.1 Å². The molecule has 0 spiro atoms. The number of hydrogen-bond donors (Lipinski definition) is 1. The molecule has 0 bridgehead atoms. The molecule has 0 radical (unpaired) electrons. The molecular formula is C18H32N2O. The summed E-state index contributed by atoms with van der Waals surface area (Å²) in [6.45, 7) is 11.2. The van der Waals surface area contributed by atoms with Gasteiger partial charge < -0.3 is 15.0 Å². The molecule has 0 aliphatic heterocycles. The molecule has 0 saturated carbocycles. The van der Waals surface area contributed by atoms with Gasteiger partial charge in [0.05, 0.1) is 7.11 Å². The lowest BCUT2D eigenvalue weighted by Gasteiger charge is -2.36. The quantitative estimate of drug-likeness (QED) is 0.746. The van der Waals surface area contributed by atoms with E-state index in [0.717, 1.165) is 18.8 Å². The van der Waals surface area contributed by atoms with Gasteiger partial charge in [0.2, 0.25) is 0 Å². The Morgan fingerprint density at radius 2 is 1.86 bits per heavy atom. The van der Waals surface area contributed by atoms with Gasteiger partial charge in [-0.1, -0.05) is 34.1 Å². The van der Waals surface area contributed by atoms with Crippen LogP contribution >= 0.6 is 0 Å². The maximum Gasteiger partial charge on any atom is 0.119 e. The van der Waals surface area contributed by atoms with Crippen molar-refractivity contribution in [1.82, 2.24) is 5.32 Å². The number of benzene rings is 1. The molecule has 1 atom stereocenters. The zero-order valence-corrected chi connectivity index (χ0v) is 14.6. The average Bonchev–Trinajstić information content (AvgIpc) is 2.45. The van der Waals surface area contributed by atoms with Gasteiger partial charge in [-0.2, -0.15) is 0 Å². The van der Waals surface area contributed by atoms with Crippen molar-refractivity contribution in [3.05, 3.63) is 24.3 Å². The summed E-state index contributed by atoms with van der Waals surface area (Å²) in [5.74, 6) is 0.907. The Morgan fingerprint density at radius 3 is 2.33 bits per heavy atom. The minimum atomic E-state index is 0.285. The lowest BCUT2D eigenvalue weighted by atomic mass is 9.84. The molecule has 1 N–H and O–H groups in total. The molecule has 1 aromatic carbocycles. The number of ether oxygens (including phenoxy) is 1. The molecule has 3 heteroatoms. The standard InChI is InChI=1S/C18H32N2O/c1-7-12-18(4,13-19-15(2)3)14-20(5)16-8-10-17(21-6)11-9-16/h8-11,15,19H,7,12-14H2,1-6H3. The predicted octanol–water partition coefficient (Wildman–Crippen LogP) is 3.94. The topological polar surface area (TPSA) is 24.5 Å². The zero-order valence-electron chi connectivity index (χ0n) is 14.6.